The van der Waals surface area contributed by atoms with E-state index in [1.54, 1.807) is 33.5 Å². The number of amides is 2. The second-order valence-electron chi connectivity index (χ2n) is 7.00. The maximum absolute atomic E-state index is 13.3. The first-order valence-electron chi connectivity index (χ1n) is 9.45. The molecule has 0 radical (unpaired) electrons. The summed E-state index contributed by atoms with van der Waals surface area (Å²) in [5.74, 6) is 0.473. The molecule has 9 heteroatoms. The highest BCUT2D eigenvalue weighted by atomic mass is 32.2. The van der Waals surface area contributed by atoms with E-state index in [0.717, 1.165) is 42.4 Å². The van der Waals surface area contributed by atoms with Crippen LogP contribution in [0.25, 0.3) is 5.69 Å². The second kappa shape index (κ2) is 7.92. The van der Waals surface area contributed by atoms with Gasteiger partial charge in [-0.1, -0.05) is 0 Å². The lowest BCUT2D eigenvalue weighted by molar-refractivity contribution is -0.902. The van der Waals surface area contributed by atoms with Gasteiger partial charge in [0.1, 0.15) is 11.6 Å². The minimum atomic E-state index is -0.650. The lowest BCUT2D eigenvalue weighted by Crippen LogP contribution is -3.14. The number of fused-ring (bicyclic) bond motifs is 1. The maximum Gasteiger partial charge on any atom is 0.315 e. The molecule has 1 aromatic carbocycles. The first-order valence-corrected chi connectivity index (χ1v) is 10.6. The van der Waals surface area contributed by atoms with Crippen molar-refractivity contribution in [1.82, 2.24) is 14.7 Å². The number of benzene rings is 1. The molecular formula is C19H23FN5O2S+. The number of aromatic nitrogens is 2. The first-order chi connectivity index (χ1) is 13.6. The molecule has 0 unspecified atom stereocenters. The van der Waals surface area contributed by atoms with Crippen molar-refractivity contribution in [2.75, 3.05) is 38.0 Å². The minimum Gasteiger partial charge on any atom is -0.332 e. The van der Waals surface area contributed by atoms with E-state index in [9.17, 15) is 14.0 Å². The zero-order valence-corrected chi connectivity index (χ0v) is 16.5. The molecule has 0 spiro atoms. The van der Waals surface area contributed by atoms with Crippen molar-refractivity contribution in [2.24, 2.45) is 0 Å². The Balaban J connectivity index is 1.55. The fourth-order valence-electron chi connectivity index (χ4n) is 3.59. The molecule has 1 fully saturated rings. The van der Waals surface area contributed by atoms with Crippen LogP contribution in [0, 0.1) is 5.82 Å². The van der Waals surface area contributed by atoms with Crippen LogP contribution in [0.15, 0.2) is 24.3 Å². The molecule has 0 saturated carbocycles. The van der Waals surface area contributed by atoms with Gasteiger partial charge < -0.3 is 15.1 Å². The second-order valence-corrected chi connectivity index (χ2v) is 7.99. The van der Waals surface area contributed by atoms with Crippen molar-refractivity contribution in [2.45, 2.75) is 18.4 Å². The highest BCUT2D eigenvalue weighted by molar-refractivity contribution is 7.98. The SMILES string of the molecule is CC[NH+]1CCN(C(=O)C(=O)Nc2c3c(nn2-c2ccc(F)cc2)CSC3)CC1. The monoisotopic (exact) mass is 404 g/mol. The topological polar surface area (TPSA) is 71.7 Å². The van der Waals surface area contributed by atoms with Crippen molar-refractivity contribution < 1.29 is 18.9 Å². The van der Waals surface area contributed by atoms with Crippen molar-refractivity contribution in [3.05, 3.63) is 41.3 Å². The van der Waals surface area contributed by atoms with E-state index in [4.69, 9.17) is 0 Å². The number of anilines is 1. The van der Waals surface area contributed by atoms with E-state index in [1.165, 1.54) is 17.0 Å². The van der Waals surface area contributed by atoms with Crippen molar-refractivity contribution in [3.8, 4) is 5.69 Å². The van der Waals surface area contributed by atoms with Crippen molar-refractivity contribution in [1.29, 1.82) is 0 Å². The van der Waals surface area contributed by atoms with Crippen LogP contribution in [0.5, 0.6) is 0 Å². The van der Waals surface area contributed by atoms with Gasteiger partial charge in [-0.25, -0.2) is 9.07 Å². The highest BCUT2D eigenvalue weighted by Crippen LogP contribution is 2.36. The molecule has 2 N–H and O–H groups in total. The molecule has 4 rings (SSSR count). The van der Waals surface area contributed by atoms with Gasteiger partial charge in [0.15, 0.2) is 0 Å². The van der Waals surface area contributed by atoms with Crippen LogP contribution in [0.3, 0.4) is 0 Å². The highest BCUT2D eigenvalue weighted by Gasteiger charge is 2.30. The average Bonchev–Trinajstić information content (AvgIpc) is 3.31. The van der Waals surface area contributed by atoms with Gasteiger partial charge in [-0.2, -0.15) is 16.9 Å². The quantitative estimate of drug-likeness (QED) is 0.729. The number of rotatable bonds is 3. The number of likely N-dealkylation sites (N-methyl/N-ethyl adjacent to an activating group) is 1. The smallest absolute Gasteiger partial charge is 0.315 e. The number of thioether (sulfide) groups is 1. The van der Waals surface area contributed by atoms with Crippen LogP contribution in [-0.2, 0) is 21.1 Å². The van der Waals surface area contributed by atoms with Crippen molar-refractivity contribution in [3.63, 3.8) is 0 Å². The van der Waals surface area contributed by atoms with Crippen LogP contribution >= 0.6 is 11.8 Å². The largest absolute Gasteiger partial charge is 0.332 e. The zero-order valence-electron chi connectivity index (χ0n) is 15.7. The summed E-state index contributed by atoms with van der Waals surface area (Å²) in [4.78, 5) is 28.4. The average molecular weight is 404 g/mol. The van der Waals surface area contributed by atoms with E-state index in [0.29, 0.717) is 24.6 Å². The van der Waals surface area contributed by atoms with Crippen LogP contribution < -0.4 is 10.2 Å². The third-order valence-electron chi connectivity index (χ3n) is 5.31. The third kappa shape index (κ3) is 3.64. The molecule has 1 saturated heterocycles. The normalized spacial score (nSPS) is 16.9. The molecule has 0 aliphatic carbocycles. The number of quaternary nitrogens is 1. The number of hydrogen-bond donors (Lipinski definition) is 2. The van der Waals surface area contributed by atoms with E-state index < -0.39 is 11.8 Å². The lowest BCUT2D eigenvalue weighted by atomic mass is 10.2. The summed E-state index contributed by atoms with van der Waals surface area (Å²) in [7, 11) is 0. The summed E-state index contributed by atoms with van der Waals surface area (Å²) in [5.41, 5.74) is 2.46. The van der Waals surface area contributed by atoms with Gasteiger partial charge in [0.05, 0.1) is 44.1 Å². The van der Waals surface area contributed by atoms with Gasteiger partial charge in [-0.3, -0.25) is 9.59 Å². The van der Waals surface area contributed by atoms with Gasteiger partial charge in [0, 0.05) is 17.1 Å². The van der Waals surface area contributed by atoms with Gasteiger partial charge in [-0.05, 0) is 31.2 Å². The maximum atomic E-state index is 13.3. The Morgan fingerprint density at radius 3 is 2.61 bits per heavy atom. The molecule has 7 nitrogen and oxygen atoms in total. The number of hydrogen-bond acceptors (Lipinski definition) is 4. The summed E-state index contributed by atoms with van der Waals surface area (Å²) in [6.45, 7) is 6.02. The molecule has 0 bridgehead atoms. The Morgan fingerprint density at radius 1 is 1.21 bits per heavy atom. The van der Waals surface area contributed by atoms with Crippen LogP contribution in [-0.4, -0.2) is 59.2 Å². The molecule has 0 atom stereocenters. The lowest BCUT2D eigenvalue weighted by Gasteiger charge is -2.31. The van der Waals surface area contributed by atoms with E-state index in [2.05, 4.69) is 17.3 Å². The summed E-state index contributed by atoms with van der Waals surface area (Å²) in [6.07, 6.45) is 0. The number of piperazine rings is 1. The summed E-state index contributed by atoms with van der Waals surface area (Å²) >= 11 is 1.71. The number of carbonyl (C=O) groups excluding carboxylic acids is 2. The summed E-state index contributed by atoms with van der Waals surface area (Å²) < 4.78 is 14.9. The van der Waals surface area contributed by atoms with Crippen LogP contribution in [0.4, 0.5) is 10.2 Å². The van der Waals surface area contributed by atoms with Gasteiger partial charge in [-0.15, -0.1) is 0 Å². The number of halogens is 1. The van der Waals surface area contributed by atoms with E-state index >= 15 is 0 Å². The number of nitrogens with zero attached hydrogens (tertiary/aromatic N) is 3. The molecular weight excluding hydrogens is 381 g/mol. The molecule has 2 aromatic rings. The molecule has 2 amide bonds. The van der Waals surface area contributed by atoms with E-state index in [-0.39, 0.29) is 5.82 Å². The summed E-state index contributed by atoms with van der Waals surface area (Å²) in [5, 5.41) is 7.35. The molecule has 1 aromatic heterocycles. The van der Waals surface area contributed by atoms with Crippen LogP contribution in [0.1, 0.15) is 18.2 Å². The zero-order chi connectivity index (χ0) is 19.7. The van der Waals surface area contributed by atoms with E-state index in [1.807, 2.05) is 0 Å². The fourth-order valence-corrected chi connectivity index (χ4v) is 4.63. The third-order valence-corrected chi connectivity index (χ3v) is 6.28. The number of nitrogens with one attached hydrogen (secondary N) is 2. The van der Waals surface area contributed by atoms with Crippen LogP contribution in [0.2, 0.25) is 0 Å². The Bertz CT molecular complexity index is 890. The predicted octanol–water partition coefficient (Wildman–Crippen LogP) is 0.444. The number of carbonyl (C=O) groups is 2. The van der Waals surface area contributed by atoms with Gasteiger partial charge >= 0.3 is 11.8 Å². The Morgan fingerprint density at radius 2 is 1.93 bits per heavy atom. The molecule has 2 aliphatic rings. The van der Waals surface area contributed by atoms with Crippen molar-refractivity contribution >= 4 is 29.4 Å². The Kier molecular flexibility index (Phi) is 5.36. The first kappa shape index (κ1) is 18.9. The van der Waals surface area contributed by atoms with Gasteiger partial charge in [0.2, 0.25) is 0 Å². The molecule has 3 heterocycles. The van der Waals surface area contributed by atoms with Gasteiger partial charge in [0.25, 0.3) is 0 Å². The Labute approximate surface area is 166 Å². The standard InChI is InChI=1S/C19H22FN5O2S/c1-2-23-7-9-24(10-8-23)19(27)18(26)21-17-15-11-28-12-16(15)22-25(17)14-5-3-13(20)4-6-14/h3-6H,2,7-12H2,1H3,(H,21,26)/p+1. The fraction of sp³-hybridized carbons (Fsp3) is 0.421. The summed E-state index contributed by atoms with van der Waals surface area (Å²) in [6, 6.07) is 5.91. The minimum absolute atomic E-state index is 0.340. The Hall–Kier alpha value is -2.39. The molecule has 28 heavy (non-hydrogen) atoms. The molecule has 2 aliphatic heterocycles. The predicted molar refractivity (Wildman–Crippen MR) is 105 cm³/mol. The molecule has 148 valence electrons.